The largest absolute Gasteiger partial charge is 0.795 e. The van der Waals surface area contributed by atoms with Crippen molar-refractivity contribution in [2.24, 2.45) is 0 Å². The fourth-order valence-corrected chi connectivity index (χ4v) is 4.66. The minimum Gasteiger partial charge on any atom is -0.795 e. The number of benzene rings is 2. The van der Waals surface area contributed by atoms with Crippen molar-refractivity contribution in [2.75, 3.05) is 11.2 Å². The Balaban J connectivity index is 0.000000336. The Kier molecular flexibility index (Phi) is 8.24. The topological polar surface area (TPSA) is 108 Å². The fraction of sp³-hybridized carbons (Fsp3) is 0.381. The lowest BCUT2D eigenvalue weighted by Gasteiger charge is -2.31. The molecule has 0 aromatic heterocycles. The Labute approximate surface area is 166 Å². The third-order valence-electron chi connectivity index (χ3n) is 4.75. The molecular weight excluding hydrogens is 375 g/mol. The molecule has 1 atom stereocenters. The fourth-order valence-electron chi connectivity index (χ4n) is 3.15. The molecule has 0 saturated heterocycles. The second kappa shape index (κ2) is 10.4. The van der Waals surface area contributed by atoms with Crippen LogP contribution in [0.5, 0.6) is 5.75 Å². The van der Waals surface area contributed by atoms with Crippen molar-refractivity contribution in [3.05, 3.63) is 54.6 Å². The van der Waals surface area contributed by atoms with Crippen LogP contribution in [0.25, 0.3) is 0 Å². The van der Waals surface area contributed by atoms with E-state index in [9.17, 15) is 19.4 Å². The lowest BCUT2D eigenvalue weighted by Crippen LogP contribution is -2.61. The number of hydrogen-bond donors (Lipinski definition) is 2. The summed E-state index contributed by atoms with van der Waals surface area (Å²) in [5.41, 5.74) is 4.18. The van der Waals surface area contributed by atoms with Crippen LogP contribution in [-0.2, 0) is 9.36 Å². The monoisotopic (exact) mass is 404 g/mol. The SMILES string of the molecule is CC(=O)N(CP(=O)([O-])c1ccccc1)c1ccccc1O.[NH3+]C1CCCCC1. The minimum absolute atomic E-state index is 0.138. The normalized spacial score (nSPS) is 16.4. The number of hydrogen-bond acceptors (Lipinski definition) is 4. The van der Waals surface area contributed by atoms with Gasteiger partial charge in [-0.15, -0.1) is 0 Å². The van der Waals surface area contributed by atoms with E-state index in [0.717, 1.165) is 10.9 Å². The number of carbonyl (C=O) groups is 1. The minimum atomic E-state index is -4.00. The molecule has 2 aromatic rings. The average Bonchev–Trinajstić information content (AvgIpc) is 2.68. The molecule has 4 N–H and O–H groups in total. The van der Waals surface area contributed by atoms with Gasteiger partial charge in [0, 0.05) is 6.92 Å². The number of amides is 1. The highest BCUT2D eigenvalue weighted by molar-refractivity contribution is 7.64. The summed E-state index contributed by atoms with van der Waals surface area (Å²) in [5.74, 6) is -0.593. The van der Waals surface area contributed by atoms with Crippen LogP contribution >= 0.6 is 7.37 Å². The van der Waals surface area contributed by atoms with Crippen molar-refractivity contribution in [1.29, 1.82) is 0 Å². The molecule has 28 heavy (non-hydrogen) atoms. The average molecular weight is 404 g/mol. The highest BCUT2D eigenvalue weighted by Gasteiger charge is 2.21. The molecule has 1 aliphatic carbocycles. The van der Waals surface area contributed by atoms with Crippen molar-refractivity contribution in [1.82, 2.24) is 0 Å². The molecule has 7 heteroatoms. The van der Waals surface area contributed by atoms with Gasteiger partial charge >= 0.3 is 0 Å². The molecule has 1 amide bonds. The Morgan fingerprint density at radius 2 is 1.68 bits per heavy atom. The van der Waals surface area contributed by atoms with E-state index >= 15 is 0 Å². The molecule has 1 aliphatic rings. The molecular formula is C21H29N2O4P. The maximum Gasteiger partial charge on any atom is 0.224 e. The summed E-state index contributed by atoms with van der Waals surface area (Å²) >= 11 is 0. The molecule has 1 unspecified atom stereocenters. The number of para-hydroxylation sites is 2. The molecule has 6 nitrogen and oxygen atoms in total. The summed E-state index contributed by atoms with van der Waals surface area (Å²) in [6.07, 6.45) is 6.55. The lowest BCUT2D eigenvalue weighted by molar-refractivity contribution is -0.425. The van der Waals surface area contributed by atoms with E-state index in [-0.39, 0.29) is 16.7 Å². The zero-order valence-electron chi connectivity index (χ0n) is 16.3. The van der Waals surface area contributed by atoms with Gasteiger partial charge in [0.15, 0.2) is 0 Å². The maximum atomic E-state index is 12.4. The number of rotatable bonds is 4. The lowest BCUT2D eigenvalue weighted by atomic mass is 9.97. The molecule has 0 radical (unpaired) electrons. The van der Waals surface area contributed by atoms with Crippen LogP contribution in [0.1, 0.15) is 39.0 Å². The Bertz CT molecular complexity index is 807. The molecule has 0 spiro atoms. The van der Waals surface area contributed by atoms with Crippen LogP contribution in [0.4, 0.5) is 5.69 Å². The van der Waals surface area contributed by atoms with Gasteiger partial charge in [0.2, 0.25) is 5.91 Å². The molecule has 3 rings (SSSR count). The van der Waals surface area contributed by atoms with Crippen LogP contribution in [0, 0.1) is 0 Å². The Morgan fingerprint density at radius 1 is 1.11 bits per heavy atom. The molecule has 1 fully saturated rings. The zero-order chi connectivity index (χ0) is 20.6. The van der Waals surface area contributed by atoms with Gasteiger partial charge < -0.3 is 25.2 Å². The van der Waals surface area contributed by atoms with Crippen LogP contribution in [-0.4, -0.2) is 23.3 Å². The number of phenols is 1. The molecule has 0 heterocycles. The highest BCUT2D eigenvalue weighted by atomic mass is 31.2. The van der Waals surface area contributed by atoms with Crippen molar-refractivity contribution in [2.45, 2.75) is 45.1 Å². The van der Waals surface area contributed by atoms with Crippen molar-refractivity contribution < 1.29 is 25.1 Å². The number of carbonyl (C=O) groups excluding carboxylic acids is 1. The first-order valence-electron chi connectivity index (χ1n) is 9.56. The summed E-state index contributed by atoms with van der Waals surface area (Å²) in [7, 11) is -4.00. The summed E-state index contributed by atoms with van der Waals surface area (Å²) < 4.78 is 12.4. The number of aromatic hydroxyl groups is 1. The quantitative estimate of drug-likeness (QED) is 0.762. The van der Waals surface area contributed by atoms with Gasteiger partial charge in [-0.25, -0.2) is 0 Å². The zero-order valence-corrected chi connectivity index (χ0v) is 17.2. The number of anilines is 1. The van der Waals surface area contributed by atoms with Gasteiger partial charge in [-0.3, -0.25) is 4.79 Å². The first-order valence-corrected chi connectivity index (χ1v) is 11.4. The van der Waals surface area contributed by atoms with Gasteiger partial charge in [0.05, 0.1) is 25.4 Å². The van der Waals surface area contributed by atoms with Crippen LogP contribution in [0.3, 0.4) is 0 Å². The van der Waals surface area contributed by atoms with E-state index < -0.39 is 19.6 Å². The van der Waals surface area contributed by atoms with Crippen molar-refractivity contribution in [3.8, 4) is 5.75 Å². The van der Waals surface area contributed by atoms with Crippen LogP contribution < -0.4 is 20.8 Å². The second-order valence-electron chi connectivity index (χ2n) is 7.09. The second-order valence-corrected chi connectivity index (χ2v) is 9.24. The number of quaternary nitrogens is 1. The Morgan fingerprint density at radius 3 is 2.18 bits per heavy atom. The summed E-state index contributed by atoms with van der Waals surface area (Å²) in [5, 5.41) is 9.97. The summed E-state index contributed by atoms with van der Waals surface area (Å²) in [6, 6.07) is 14.9. The number of nitrogens with zero attached hydrogens (tertiary/aromatic N) is 1. The van der Waals surface area contributed by atoms with Crippen molar-refractivity contribution in [3.63, 3.8) is 0 Å². The Hall–Kier alpha value is -2.14. The first kappa shape index (κ1) is 22.2. The first-order chi connectivity index (χ1) is 13.3. The summed E-state index contributed by atoms with van der Waals surface area (Å²) in [4.78, 5) is 25.2. The van der Waals surface area contributed by atoms with E-state index in [0.29, 0.717) is 0 Å². The standard InChI is InChI=1S/C15H16NO4P.C6H13N/c1-12(17)16(14-9-5-6-10-15(14)18)11-21(19,20)13-7-3-2-4-8-13;7-6-4-2-1-3-5-6/h2-10,18H,11H2,1H3,(H,19,20);6H,1-5,7H2. The molecule has 152 valence electrons. The van der Waals surface area contributed by atoms with Gasteiger partial charge in [-0.2, -0.15) is 0 Å². The van der Waals surface area contributed by atoms with E-state index in [1.165, 1.54) is 63.3 Å². The van der Waals surface area contributed by atoms with Crippen molar-refractivity contribution >= 4 is 24.3 Å². The van der Waals surface area contributed by atoms with Gasteiger partial charge in [0.1, 0.15) is 5.75 Å². The molecule has 2 aromatic carbocycles. The smallest absolute Gasteiger partial charge is 0.224 e. The van der Waals surface area contributed by atoms with E-state index in [2.05, 4.69) is 5.73 Å². The third-order valence-corrected chi connectivity index (χ3v) is 6.49. The van der Waals surface area contributed by atoms with Gasteiger partial charge in [-0.1, -0.05) is 48.9 Å². The molecule has 0 bridgehead atoms. The van der Waals surface area contributed by atoms with E-state index in [1.807, 2.05) is 0 Å². The highest BCUT2D eigenvalue weighted by Crippen LogP contribution is 2.38. The third kappa shape index (κ3) is 6.48. The maximum absolute atomic E-state index is 12.4. The van der Waals surface area contributed by atoms with Crippen LogP contribution in [0.2, 0.25) is 0 Å². The van der Waals surface area contributed by atoms with Gasteiger partial charge in [-0.05, 0) is 43.1 Å². The van der Waals surface area contributed by atoms with E-state index in [4.69, 9.17) is 0 Å². The van der Waals surface area contributed by atoms with E-state index in [1.54, 1.807) is 30.3 Å². The van der Waals surface area contributed by atoms with Gasteiger partial charge in [0.25, 0.3) is 0 Å². The predicted molar refractivity (Wildman–Crippen MR) is 110 cm³/mol. The van der Waals surface area contributed by atoms with Crippen LogP contribution in [0.15, 0.2) is 54.6 Å². The molecule has 0 aliphatic heterocycles. The molecule has 1 saturated carbocycles. The number of phenolic OH excluding ortho intramolecular Hbond substituents is 1. The summed E-state index contributed by atoms with van der Waals surface area (Å²) in [6.45, 7) is 1.26. The predicted octanol–water partition coefficient (Wildman–Crippen LogP) is 2.23.